The molecule has 0 heterocycles. The summed E-state index contributed by atoms with van der Waals surface area (Å²) in [6.45, 7) is 6.54. The summed E-state index contributed by atoms with van der Waals surface area (Å²) < 4.78 is 16.9. The summed E-state index contributed by atoms with van der Waals surface area (Å²) in [5.41, 5.74) is 0. The molecule has 0 amide bonds. The Balaban J connectivity index is 4.08. The highest BCUT2D eigenvalue weighted by molar-refractivity contribution is 5.71. The van der Waals surface area contributed by atoms with Gasteiger partial charge >= 0.3 is 17.9 Å². The predicted octanol–water partition coefficient (Wildman–Crippen LogP) is 22.2. The summed E-state index contributed by atoms with van der Waals surface area (Å²) in [5.74, 6) is -0.861. The Hall–Kier alpha value is -2.63. The topological polar surface area (TPSA) is 78.9 Å². The molecular weight excluding hydrogens is 913 g/mol. The van der Waals surface area contributed by atoms with E-state index < -0.39 is 6.10 Å². The van der Waals surface area contributed by atoms with Gasteiger partial charge in [-0.05, 0) is 57.8 Å². The van der Waals surface area contributed by atoms with Gasteiger partial charge in [-0.1, -0.05) is 320 Å². The number of hydrogen-bond acceptors (Lipinski definition) is 6. The molecule has 432 valence electrons. The largest absolute Gasteiger partial charge is 0.462 e. The van der Waals surface area contributed by atoms with Crippen LogP contribution in [-0.2, 0) is 28.6 Å². The van der Waals surface area contributed by atoms with Gasteiger partial charge in [0.1, 0.15) is 13.2 Å². The quantitative estimate of drug-likeness (QED) is 0.0261. The van der Waals surface area contributed by atoms with E-state index in [-0.39, 0.29) is 31.1 Å². The molecule has 6 heteroatoms. The average Bonchev–Trinajstić information content (AvgIpc) is 3.40. The lowest BCUT2D eigenvalue weighted by atomic mass is 10.0. The van der Waals surface area contributed by atoms with Crippen LogP contribution in [0.5, 0.6) is 0 Å². The molecule has 6 nitrogen and oxygen atoms in total. The summed E-state index contributed by atoms with van der Waals surface area (Å²) in [6.07, 6.45) is 78.7. The van der Waals surface area contributed by atoms with Gasteiger partial charge in [0, 0.05) is 19.3 Å². The Morgan fingerprint density at radius 3 is 0.824 bits per heavy atom. The molecule has 1 unspecified atom stereocenters. The molecule has 0 aliphatic carbocycles. The lowest BCUT2D eigenvalue weighted by molar-refractivity contribution is -0.167. The Morgan fingerprint density at radius 2 is 0.527 bits per heavy atom. The van der Waals surface area contributed by atoms with Crippen molar-refractivity contribution < 1.29 is 28.6 Å². The van der Waals surface area contributed by atoms with Crippen molar-refractivity contribution in [1.82, 2.24) is 0 Å². The van der Waals surface area contributed by atoms with E-state index in [4.69, 9.17) is 14.2 Å². The van der Waals surface area contributed by atoms with Gasteiger partial charge in [-0.15, -0.1) is 0 Å². The second-order valence-corrected chi connectivity index (χ2v) is 22.0. The fourth-order valence-corrected chi connectivity index (χ4v) is 9.73. The van der Waals surface area contributed by atoms with E-state index in [2.05, 4.69) is 69.4 Å². The van der Waals surface area contributed by atoms with Crippen molar-refractivity contribution in [1.29, 1.82) is 0 Å². The van der Waals surface area contributed by atoms with Gasteiger partial charge in [0.05, 0.1) is 0 Å². The standard InChI is InChI=1S/C68H124O6/c1-4-7-10-13-16-18-20-22-24-26-28-30-32-33-34-36-37-39-41-43-45-47-49-52-55-58-61-67(70)73-64-65(63-72-66(69)60-57-54-51-15-12-9-6-3)74-68(71)62-59-56-53-50-48-46-44-42-40-38-35-31-29-27-25-23-21-19-17-14-11-8-5-2/h8,11,17,19,23,25,29,31,65H,4-7,9-10,12-16,18,20-22,24,26-28,30,32-64H2,1-3H3/b11-8-,19-17-,25-23-,31-29-. The zero-order valence-electron chi connectivity index (χ0n) is 49.6. The summed E-state index contributed by atoms with van der Waals surface area (Å²) in [7, 11) is 0. The Kier molecular flexibility index (Phi) is 60.7. The number of carbonyl (C=O) groups excluding carboxylic acids is 3. The van der Waals surface area contributed by atoms with Crippen LogP contribution >= 0.6 is 0 Å². The maximum absolute atomic E-state index is 12.9. The van der Waals surface area contributed by atoms with Crippen LogP contribution in [0, 0.1) is 0 Å². The van der Waals surface area contributed by atoms with Gasteiger partial charge in [-0.3, -0.25) is 14.4 Å². The van der Waals surface area contributed by atoms with Crippen molar-refractivity contribution in [2.75, 3.05) is 13.2 Å². The maximum Gasteiger partial charge on any atom is 0.306 e. The van der Waals surface area contributed by atoms with Crippen LogP contribution in [0.15, 0.2) is 48.6 Å². The molecule has 0 bridgehead atoms. The lowest BCUT2D eigenvalue weighted by Crippen LogP contribution is -2.30. The molecular formula is C68H124O6. The van der Waals surface area contributed by atoms with Gasteiger partial charge in [0.2, 0.25) is 0 Å². The summed E-state index contributed by atoms with van der Waals surface area (Å²) in [5, 5.41) is 0. The smallest absolute Gasteiger partial charge is 0.306 e. The second-order valence-electron chi connectivity index (χ2n) is 22.0. The zero-order chi connectivity index (χ0) is 53.6. The van der Waals surface area contributed by atoms with E-state index in [0.29, 0.717) is 19.3 Å². The molecule has 0 fully saturated rings. The highest BCUT2D eigenvalue weighted by Gasteiger charge is 2.19. The van der Waals surface area contributed by atoms with Crippen LogP contribution in [0.4, 0.5) is 0 Å². The summed E-state index contributed by atoms with van der Waals surface area (Å²) >= 11 is 0. The average molecular weight is 1040 g/mol. The minimum absolute atomic E-state index is 0.0702. The minimum Gasteiger partial charge on any atom is -0.462 e. The first-order valence-corrected chi connectivity index (χ1v) is 32.6. The molecule has 0 saturated carbocycles. The molecule has 0 aromatic heterocycles. The first-order chi connectivity index (χ1) is 36.5. The molecule has 0 saturated heterocycles. The first-order valence-electron chi connectivity index (χ1n) is 32.6. The number of unbranched alkanes of at least 4 members (excludes halogenated alkanes) is 41. The van der Waals surface area contributed by atoms with Crippen molar-refractivity contribution in [3.8, 4) is 0 Å². The monoisotopic (exact) mass is 1040 g/mol. The fraction of sp³-hybridized carbons (Fsp3) is 0.838. The van der Waals surface area contributed by atoms with Gasteiger partial charge in [0.15, 0.2) is 6.10 Å². The van der Waals surface area contributed by atoms with Crippen molar-refractivity contribution in [2.45, 2.75) is 354 Å². The highest BCUT2D eigenvalue weighted by Crippen LogP contribution is 2.18. The molecule has 0 radical (unpaired) electrons. The number of ether oxygens (including phenoxy) is 3. The Labute approximate surface area is 460 Å². The molecule has 0 aliphatic heterocycles. The second kappa shape index (κ2) is 62.9. The predicted molar refractivity (Wildman–Crippen MR) is 321 cm³/mol. The van der Waals surface area contributed by atoms with Crippen molar-refractivity contribution in [2.24, 2.45) is 0 Å². The summed E-state index contributed by atoms with van der Waals surface area (Å²) in [6, 6.07) is 0. The Bertz CT molecular complexity index is 1280. The van der Waals surface area contributed by atoms with E-state index in [9.17, 15) is 14.4 Å². The van der Waals surface area contributed by atoms with Crippen LogP contribution in [0.2, 0.25) is 0 Å². The van der Waals surface area contributed by atoms with E-state index in [1.807, 2.05) is 0 Å². The van der Waals surface area contributed by atoms with Gasteiger partial charge in [0.25, 0.3) is 0 Å². The molecule has 0 spiro atoms. The first kappa shape index (κ1) is 71.4. The van der Waals surface area contributed by atoms with Crippen LogP contribution in [-0.4, -0.2) is 37.2 Å². The molecule has 0 rings (SSSR count). The third-order valence-corrected chi connectivity index (χ3v) is 14.6. The fourth-order valence-electron chi connectivity index (χ4n) is 9.73. The van der Waals surface area contributed by atoms with Crippen LogP contribution in [0.25, 0.3) is 0 Å². The SMILES string of the molecule is CC/C=C\C/C=C\C/C=C\C/C=C\CCCCCCCCCCCCC(=O)OC(COC(=O)CCCCCCCCC)COC(=O)CCCCCCCCCCCCCCCCCCCCCCCCCCCC. The normalized spacial score (nSPS) is 12.3. The number of allylic oxidation sites excluding steroid dienone is 8. The summed E-state index contributed by atoms with van der Waals surface area (Å²) in [4.78, 5) is 38.1. The third kappa shape index (κ3) is 60.2. The molecule has 0 N–H and O–H groups in total. The highest BCUT2D eigenvalue weighted by atomic mass is 16.6. The van der Waals surface area contributed by atoms with E-state index >= 15 is 0 Å². The van der Waals surface area contributed by atoms with Gasteiger partial charge in [-0.25, -0.2) is 0 Å². The maximum atomic E-state index is 12.9. The van der Waals surface area contributed by atoms with E-state index in [1.165, 1.54) is 225 Å². The van der Waals surface area contributed by atoms with E-state index in [0.717, 1.165) is 83.5 Å². The molecule has 0 aromatic carbocycles. The van der Waals surface area contributed by atoms with Crippen LogP contribution in [0.3, 0.4) is 0 Å². The van der Waals surface area contributed by atoms with Crippen LogP contribution in [0.1, 0.15) is 348 Å². The van der Waals surface area contributed by atoms with Gasteiger partial charge < -0.3 is 14.2 Å². The number of carbonyl (C=O) groups is 3. The number of rotatable bonds is 60. The molecule has 74 heavy (non-hydrogen) atoms. The minimum atomic E-state index is -0.771. The lowest BCUT2D eigenvalue weighted by Gasteiger charge is -2.18. The Morgan fingerprint density at radius 1 is 0.284 bits per heavy atom. The molecule has 0 aromatic rings. The van der Waals surface area contributed by atoms with Gasteiger partial charge in [-0.2, -0.15) is 0 Å². The molecule has 1 atom stereocenters. The van der Waals surface area contributed by atoms with Crippen molar-refractivity contribution in [3.05, 3.63) is 48.6 Å². The van der Waals surface area contributed by atoms with E-state index in [1.54, 1.807) is 0 Å². The van der Waals surface area contributed by atoms with Crippen LogP contribution < -0.4 is 0 Å². The zero-order valence-corrected chi connectivity index (χ0v) is 49.6. The number of esters is 3. The third-order valence-electron chi connectivity index (χ3n) is 14.6. The molecule has 0 aliphatic rings. The van der Waals surface area contributed by atoms with Crippen molar-refractivity contribution >= 4 is 17.9 Å². The number of hydrogen-bond donors (Lipinski definition) is 0. The van der Waals surface area contributed by atoms with Crippen molar-refractivity contribution in [3.63, 3.8) is 0 Å².